The predicted octanol–water partition coefficient (Wildman–Crippen LogP) is 2.06. The Labute approximate surface area is 140 Å². The Hall–Kier alpha value is -2.60. The van der Waals surface area contributed by atoms with E-state index >= 15 is 0 Å². The molecule has 2 aliphatic rings. The number of carbonyl (C=O) groups is 1. The van der Waals surface area contributed by atoms with E-state index in [9.17, 15) is 4.79 Å². The van der Waals surface area contributed by atoms with Gasteiger partial charge in [0.05, 0.1) is 18.8 Å². The van der Waals surface area contributed by atoms with Crippen LogP contribution in [0.2, 0.25) is 0 Å². The van der Waals surface area contributed by atoms with Crippen LogP contribution in [0.3, 0.4) is 0 Å². The molecule has 0 spiro atoms. The van der Waals surface area contributed by atoms with Crippen molar-refractivity contribution in [1.29, 1.82) is 0 Å². The van der Waals surface area contributed by atoms with Crippen molar-refractivity contribution in [3.05, 3.63) is 48.2 Å². The number of hydrogen-bond acceptors (Lipinski definition) is 5. The summed E-state index contributed by atoms with van der Waals surface area (Å²) in [5, 5.41) is 2.98. The van der Waals surface area contributed by atoms with Crippen molar-refractivity contribution in [1.82, 2.24) is 9.88 Å². The van der Waals surface area contributed by atoms with Gasteiger partial charge in [0.1, 0.15) is 11.9 Å². The van der Waals surface area contributed by atoms with Gasteiger partial charge in [-0.15, -0.1) is 0 Å². The number of rotatable bonds is 3. The molecule has 6 heteroatoms. The number of amides is 1. The van der Waals surface area contributed by atoms with Gasteiger partial charge in [-0.05, 0) is 17.7 Å². The predicted molar refractivity (Wildman–Crippen MR) is 89.1 cm³/mol. The topological polar surface area (TPSA) is 63.7 Å². The smallest absolute Gasteiger partial charge is 0.241 e. The van der Waals surface area contributed by atoms with Crippen molar-refractivity contribution < 1.29 is 14.3 Å². The summed E-state index contributed by atoms with van der Waals surface area (Å²) in [6.07, 6.45) is 2.51. The lowest BCUT2D eigenvalue weighted by atomic mass is 10.1. The molecule has 0 radical (unpaired) electrons. The Bertz CT molecular complexity index is 747. The van der Waals surface area contributed by atoms with Crippen molar-refractivity contribution in [2.45, 2.75) is 25.1 Å². The van der Waals surface area contributed by atoms with E-state index in [1.165, 1.54) is 0 Å². The number of methoxy groups -OCH3 is 1. The first kappa shape index (κ1) is 15.0. The minimum atomic E-state index is -0.189. The normalized spacial score (nSPS) is 22.8. The molecule has 0 saturated carbocycles. The molecule has 2 atom stereocenters. The van der Waals surface area contributed by atoms with Crippen LogP contribution >= 0.6 is 0 Å². The lowest BCUT2D eigenvalue weighted by molar-refractivity contribution is -0.120. The Morgan fingerprint density at radius 1 is 1.33 bits per heavy atom. The fourth-order valence-corrected chi connectivity index (χ4v) is 3.32. The van der Waals surface area contributed by atoms with E-state index in [1.54, 1.807) is 13.3 Å². The summed E-state index contributed by atoms with van der Waals surface area (Å²) in [4.78, 5) is 19.0. The molecule has 3 heterocycles. The highest BCUT2D eigenvalue weighted by Crippen LogP contribution is 2.33. The summed E-state index contributed by atoms with van der Waals surface area (Å²) >= 11 is 0. The minimum absolute atomic E-state index is 0.0217. The van der Waals surface area contributed by atoms with Crippen LogP contribution in [0.25, 0.3) is 0 Å². The van der Waals surface area contributed by atoms with Crippen molar-refractivity contribution in [2.24, 2.45) is 0 Å². The standard InChI is InChI=1S/C18H19N3O3/c1-23-17-7-6-12(9-19-17)10-21-11-13-8-15(21)18(22)20-14-4-2-3-5-16(14)24-13/h2-7,9,13,15H,8,10-11H2,1H3,(H,20,22). The van der Waals surface area contributed by atoms with E-state index in [0.717, 1.165) is 23.5 Å². The maximum atomic E-state index is 12.6. The average molecular weight is 325 g/mol. The number of carbonyl (C=O) groups excluding carboxylic acids is 1. The van der Waals surface area contributed by atoms with Crippen LogP contribution in [0, 0.1) is 0 Å². The van der Waals surface area contributed by atoms with Gasteiger partial charge in [-0.1, -0.05) is 18.2 Å². The number of nitrogens with one attached hydrogen (secondary N) is 1. The molecular formula is C18H19N3O3. The van der Waals surface area contributed by atoms with Crippen LogP contribution in [-0.2, 0) is 11.3 Å². The molecule has 124 valence electrons. The first-order valence-corrected chi connectivity index (χ1v) is 8.02. The number of benzene rings is 1. The van der Waals surface area contributed by atoms with Gasteiger partial charge in [-0.25, -0.2) is 4.98 Å². The number of nitrogens with zero attached hydrogens (tertiary/aromatic N) is 2. The number of fused-ring (bicyclic) bond motifs is 3. The molecule has 2 bridgehead atoms. The van der Waals surface area contributed by atoms with Crippen LogP contribution in [0.1, 0.15) is 12.0 Å². The summed E-state index contributed by atoms with van der Waals surface area (Å²) in [7, 11) is 1.60. The zero-order chi connectivity index (χ0) is 16.5. The molecule has 4 rings (SSSR count). The second kappa shape index (κ2) is 6.13. The van der Waals surface area contributed by atoms with Gasteiger partial charge in [0.25, 0.3) is 0 Å². The van der Waals surface area contributed by atoms with Gasteiger partial charge in [-0.3, -0.25) is 9.69 Å². The number of pyridine rings is 1. The molecule has 0 aliphatic carbocycles. The molecule has 6 nitrogen and oxygen atoms in total. The third-order valence-electron chi connectivity index (χ3n) is 4.50. The van der Waals surface area contributed by atoms with Gasteiger partial charge in [-0.2, -0.15) is 0 Å². The maximum Gasteiger partial charge on any atom is 0.241 e. The van der Waals surface area contributed by atoms with Gasteiger partial charge >= 0.3 is 0 Å². The molecule has 2 unspecified atom stereocenters. The lowest BCUT2D eigenvalue weighted by Crippen LogP contribution is -2.39. The molecule has 1 fully saturated rings. The quantitative estimate of drug-likeness (QED) is 0.936. The summed E-state index contributed by atoms with van der Waals surface area (Å²) < 4.78 is 11.2. The van der Waals surface area contributed by atoms with Crippen molar-refractivity contribution in [3.63, 3.8) is 0 Å². The van der Waals surface area contributed by atoms with E-state index in [0.29, 0.717) is 18.8 Å². The third kappa shape index (κ3) is 2.80. The Kier molecular flexibility index (Phi) is 3.82. The summed E-state index contributed by atoms with van der Waals surface area (Å²) in [6, 6.07) is 11.2. The minimum Gasteiger partial charge on any atom is -0.487 e. The second-order valence-electron chi connectivity index (χ2n) is 6.12. The van der Waals surface area contributed by atoms with Gasteiger partial charge in [0.2, 0.25) is 11.8 Å². The monoisotopic (exact) mass is 325 g/mol. The van der Waals surface area contributed by atoms with Crippen LogP contribution in [0.15, 0.2) is 42.6 Å². The van der Waals surface area contributed by atoms with E-state index < -0.39 is 0 Å². The molecule has 1 aromatic carbocycles. The highest BCUT2D eigenvalue weighted by Gasteiger charge is 2.39. The number of para-hydroxylation sites is 2. The molecule has 2 aliphatic heterocycles. The lowest BCUT2D eigenvalue weighted by Gasteiger charge is -2.23. The largest absolute Gasteiger partial charge is 0.487 e. The highest BCUT2D eigenvalue weighted by atomic mass is 16.5. The van der Waals surface area contributed by atoms with Gasteiger partial charge in [0, 0.05) is 31.8 Å². The summed E-state index contributed by atoms with van der Waals surface area (Å²) in [5.74, 6) is 1.35. The average Bonchev–Trinajstić information content (AvgIpc) is 3.00. The first-order valence-electron chi connectivity index (χ1n) is 8.02. The number of aromatic nitrogens is 1. The fraction of sp³-hybridized carbons (Fsp3) is 0.333. The first-order chi connectivity index (χ1) is 11.7. The highest BCUT2D eigenvalue weighted by molar-refractivity contribution is 5.96. The van der Waals surface area contributed by atoms with E-state index in [-0.39, 0.29) is 18.1 Å². The SMILES string of the molecule is COc1ccc(CN2CC3CC2C(=O)Nc2ccccc2O3)cn1. The summed E-state index contributed by atoms with van der Waals surface area (Å²) in [6.45, 7) is 1.38. The Morgan fingerprint density at radius 2 is 2.21 bits per heavy atom. The third-order valence-corrected chi connectivity index (χ3v) is 4.50. The zero-order valence-electron chi connectivity index (χ0n) is 13.4. The van der Waals surface area contributed by atoms with Crippen LogP contribution < -0.4 is 14.8 Å². The van der Waals surface area contributed by atoms with Crippen molar-refractivity contribution in [3.8, 4) is 11.6 Å². The van der Waals surface area contributed by atoms with Crippen molar-refractivity contribution >= 4 is 11.6 Å². The molecule has 1 aromatic heterocycles. The van der Waals surface area contributed by atoms with E-state index in [4.69, 9.17) is 9.47 Å². The van der Waals surface area contributed by atoms with Gasteiger partial charge < -0.3 is 14.8 Å². The van der Waals surface area contributed by atoms with Crippen LogP contribution in [0.4, 0.5) is 5.69 Å². The maximum absolute atomic E-state index is 12.6. The van der Waals surface area contributed by atoms with E-state index in [2.05, 4.69) is 15.2 Å². The molecule has 1 saturated heterocycles. The number of likely N-dealkylation sites (tertiary alicyclic amines) is 1. The van der Waals surface area contributed by atoms with Crippen molar-refractivity contribution in [2.75, 3.05) is 19.0 Å². The molecule has 24 heavy (non-hydrogen) atoms. The second-order valence-corrected chi connectivity index (χ2v) is 6.12. The van der Waals surface area contributed by atoms with Crippen LogP contribution in [0.5, 0.6) is 11.6 Å². The number of anilines is 1. The number of hydrogen-bond donors (Lipinski definition) is 1. The zero-order valence-corrected chi connectivity index (χ0v) is 13.4. The molecule has 1 amide bonds. The Balaban J connectivity index is 1.54. The molecular weight excluding hydrogens is 306 g/mol. The summed E-state index contributed by atoms with van der Waals surface area (Å²) in [5.41, 5.74) is 1.79. The number of ether oxygens (including phenoxy) is 2. The fourth-order valence-electron chi connectivity index (χ4n) is 3.32. The molecule has 2 aromatic rings. The van der Waals surface area contributed by atoms with Crippen LogP contribution in [-0.4, -0.2) is 41.6 Å². The molecule has 1 N–H and O–H groups in total. The Morgan fingerprint density at radius 3 is 3.00 bits per heavy atom. The van der Waals surface area contributed by atoms with E-state index in [1.807, 2.05) is 36.4 Å². The van der Waals surface area contributed by atoms with Gasteiger partial charge in [0.15, 0.2) is 0 Å².